The highest BCUT2D eigenvalue weighted by atomic mass is 16.5. The van der Waals surface area contributed by atoms with E-state index in [4.69, 9.17) is 9.47 Å². The zero-order chi connectivity index (χ0) is 15.4. The molecule has 0 unspecified atom stereocenters. The first-order chi connectivity index (χ1) is 10.8. The van der Waals surface area contributed by atoms with Crippen LogP contribution in [0.2, 0.25) is 0 Å². The van der Waals surface area contributed by atoms with Crippen LogP contribution in [0, 0.1) is 0 Å². The Balaban J connectivity index is 1.96. The number of imidazole rings is 1. The first kappa shape index (κ1) is 13.9. The highest BCUT2D eigenvalue weighted by molar-refractivity contribution is 5.63. The Morgan fingerprint density at radius 1 is 1.14 bits per heavy atom. The third-order valence-corrected chi connectivity index (χ3v) is 3.14. The van der Waals surface area contributed by atoms with Gasteiger partial charge in [0.25, 0.3) is 0 Å². The summed E-state index contributed by atoms with van der Waals surface area (Å²) in [5.41, 5.74) is 1.40. The minimum atomic E-state index is -0.274. The van der Waals surface area contributed by atoms with Crippen molar-refractivity contribution in [3.05, 3.63) is 43.3 Å². The normalized spacial score (nSPS) is 14.1. The van der Waals surface area contributed by atoms with E-state index in [0.717, 1.165) is 5.69 Å². The lowest BCUT2D eigenvalue weighted by Crippen LogP contribution is -2.27. The highest BCUT2D eigenvalue weighted by Gasteiger charge is 2.13. The highest BCUT2D eigenvalue weighted by Crippen LogP contribution is 2.37. The summed E-state index contributed by atoms with van der Waals surface area (Å²) >= 11 is 0. The second-order valence-electron chi connectivity index (χ2n) is 4.45. The molecule has 2 heterocycles. The minimum Gasteiger partial charge on any atom is -0.494 e. The van der Waals surface area contributed by atoms with Crippen molar-refractivity contribution >= 4 is 5.69 Å². The van der Waals surface area contributed by atoms with E-state index in [-0.39, 0.29) is 6.29 Å². The molecular weight excluding hydrogens is 284 g/mol. The van der Waals surface area contributed by atoms with E-state index in [1.165, 1.54) is 0 Å². The van der Waals surface area contributed by atoms with Gasteiger partial charge < -0.3 is 24.7 Å². The Labute approximate surface area is 127 Å². The molecule has 8 heteroatoms. The number of methoxy groups -OCH3 is 2. The Morgan fingerprint density at radius 2 is 1.91 bits per heavy atom. The van der Waals surface area contributed by atoms with Crippen LogP contribution in [0.15, 0.2) is 53.5 Å². The molecule has 2 N–H and O–H groups in total. The first-order valence-corrected chi connectivity index (χ1v) is 6.64. The fraction of sp³-hybridized carbons (Fsp3) is 0.214. The van der Waals surface area contributed by atoms with Crippen LogP contribution in [-0.4, -0.2) is 30.1 Å². The van der Waals surface area contributed by atoms with Crippen molar-refractivity contribution in [2.45, 2.75) is 6.29 Å². The summed E-state index contributed by atoms with van der Waals surface area (Å²) in [6, 6.07) is 3.61. The molecule has 8 nitrogen and oxygen atoms in total. The fourth-order valence-electron chi connectivity index (χ4n) is 2.06. The van der Waals surface area contributed by atoms with Crippen LogP contribution >= 0.6 is 0 Å². The molecule has 3 rings (SSSR count). The number of nitrogens with one attached hydrogen (secondary N) is 2. The molecule has 22 heavy (non-hydrogen) atoms. The lowest BCUT2D eigenvalue weighted by Gasteiger charge is -2.13. The predicted molar refractivity (Wildman–Crippen MR) is 80.4 cm³/mol. The van der Waals surface area contributed by atoms with Crippen molar-refractivity contribution in [3.63, 3.8) is 0 Å². The molecule has 1 aliphatic heterocycles. The van der Waals surface area contributed by atoms with Gasteiger partial charge in [0.15, 0.2) is 0 Å². The van der Waals surface area contributed by atoms with Crippen LogP contribution in [0.25, 0.3) is 5.69 Å². The average molecular weight is 300 g/mol. The first-order valence-electron chi connectivity index (χ1n) is 6.64. The Hall–Kier alpha value is -3.03. The van der Waals surface area contributed by atoms with Crippen LogP contribution in [0.3, 0.4) is 0 Å². The summed E-state index contributed by atoms with van der Waals surface area (Å²) in [7, 11) is 3.19. The Bertz CT molecular complexity index is 688. The zero-order valence-corrected chi connectivity index (χ0v) is 12.2. The van der Waals surface area contributed by atoms with E-state index in [1.807, 2.05) is 16.8 Å². The maximum Gasteiger partial charge on any atom is 0.213 e. The summed E-state index contributed by atoms with van der Waals surface area (Å²) in [5, 5.41) is 14.4. The van der Waals surface area contributed by atoms with Gasteiger partial charge in [-0.25, -0.2) is 4.98 Å². The number of ether oxygens (including phenoxy) is 2. The molecule has 0 saturated carbocycles. The van der Waals surface area contributed by atoms with Gasteiger partial charge in [0.05, 0.1) is 26.2 Å². The van der Waals surface area contributed by atoms with Gasteiger partial charge in [-0.05, 0) is 0 Å². The number of nitrogens with zero attached hydrogens (tertiary/aromatic N) is 4. The molecule has 0 radical (unpaired) electrons. The SMILES string of the molecule is COc1cc(-n2ccnc2)c(OC)cc1N=NC1NC=CN1. The third-order valence-electron chi connectivity index (χ3n) is 3.14. The number of azo groups is 1. The molecule has 114 valence electrons. The van der Waals surface area contributed by atoms with Gasteiger partial charge in [-0.1, -0.05) is 0 Å². The van der Waals surface area contributed by atoms with E-state index in [1.54, 1.807) is 45.2 Å². The molecule has 1 aliphatic rings. The Kier molecular flexibility index (Phi) is 3.90. The molecule has 2 aromatic rings. The summed E-state index contributed by atoms with van der Waals surface area (Å²) in [6.45, 7) is 0. The quantitative estimate of drug-likeness (QED) is 0.824. The molecule has 0 atom stereocenters. The summed E-state index contributed by atoms with van der Waals surface area (Å²) in [5.74, 6) is 1.25. The number of rotatable bonds is 5. The molecule has 0 fully saturated rings. The smallest absolute Gasteiger partial charge is 0.213 e. The maximum absolute atomic E-state index is 5.43. The van der Waals surface area contributed by atoms with Crippen molar-refractivity contribution in [1.82, 2.24) is 20.2 Å². The lowest BCUT2D eigenvalue weighted by molar-refractivity contribution is 0.402. The standard InChI is InChI=1S/C14H16N6O2/c1-21-12-8-11(20-6-5-15-9-20)13(22-2)7-10(12)18-19-14-16-3-4-17-14/h3-9,14,16-17H,1-2H3. The number of benzene rings is 1. The number of aromatic nitrogens is 2. The van der Waals surface area contributed by atoms with Crippen LogP contribution in [0.4, 0.5) is 5.69 Å². The van der Waals surface area contributed by atoms with Crippen LogP contribution < -0.4 is 20.1 Å². The molecule has 0 spiro atoms. The molecule has 0 bridgehead atoms. The van der Waals surface area contributed by atoms with E-state index < -0.39 is 0 Å². The molecule has 0 amide bonds. The molecular formula is C14H16N6O2. The fourth-order valence-corrected chi connectivity index (χ4v) is 2.06. The van der Waals surface area contributed by atoms with Crippen molar-refractivity contribution < 1.29 is 9.47 Å². The van der Waals surface area contributed by atoms with Gasteiger partial charge in [-0.15, -0.1) is 10.2 Å². The molecule has 1 aromatic heterocycles. The largest absolute Gasteiger partial charge is 0.494 e. The van der Waals surface area contributed by atoms with Gasteiger partial charge >= 0.3 is 0 Å². The topological polar surface area (TPSA) is 85.1 Å². The van der Waals surface area contributed by atoms with E-state index in [9.17, 15) is 0 Å². The predicted octanol–water partition coefficient (Wildman–Crippen LogP) is 1.92. The lowest BCUT2D eigenvalue weighted by atomic mass is 10.2. The van der Waals surface area contributed by atoms with Crippen LogP contribution in [0.1, 0.15) is 0 Å². The number of hydrogen-bond donors (Lipinski definition) is 2. The van der Waals surface area contributed by atoms with E-state index >= 15 is 0 Å². The van der Waals surface area contributed by atoms with Crippen molar-refractivity contribution in [2.24, 2.45) is 10.2 Å². The molecule has 1 aromatic carbocycles. The Morgan fingerprint density at radius 3 is 2.55 bits per heavy atom. The summed E-state index contributed by atoms with van der Waals surface area (Å²) in [6.07, 6.45) is 8.48. The van der Waals surface area contributed by atoms with E-state index in [0.29, 0.717) is 17.2 Å². The maximum atomic E-state index is 5.43. The monoisotopic (exact) mass is 300 g/mol. The van der Waals surface area contributed by atoms with Gasteiger partial charge in [0, 0.05) is 36.9 Å². The number of hydrogen-bond acceptors (Lipinski definition) is 7. The zero-order valence-electron chi connectivity index (χ0n) is 12.2. The van der Waals surface area contributed by atoms with Gasteiger partial charge in [-0.3, -0.25) is 0 Å². The minimum absolute atomic E-state index is 0.274. The average Bonchev–Trinajstić information content (AvgIpc) is 3.25. The van der Waals surface area contributed by atoms with Crippen LogP contribution in [0.5, 0.6) is 11.5 Å². The summed E-state index contributed by atoms with van der Waals surface area (Å²) in [4.78, 5) is 4.04. The summed E-state index contributed by atoms with van der Waals surface area (Å²) < 4.78 is 12.7. The van der Waals surface area contributed by atoms with Crippen molar-refractivity contribution in [1.29, 1.82) is 0 Å². The van der Waals surface area contributed by atoms with E-state index in [2.05, 4.69) is 25.8 Å². The second-order valence-corrected chi connectivity index (χ2v) is 4.45. The van der Waals surface area contributed by atoms with Crippen molar-refractivity contribution in [3.8, 4) is 17.2 Å². The van der Waals surface area contributed by atoms with Gasteiger partial charge in [0.2, 0.25) is 6.29 Å². The molecule has 0 aliphatic carbocycles. The van der Waals surface area contributed by atoms with Gasteiger partial charge in [-0.2, -0.15) is 0 Å². The third kappa shape index (κ3) is 2.71. The van der Waals surface area contributed by atoms with Crippen molar-refractivity contribution in [2.75, 3.05) is 14.2 Å². The van der Waals surface area contributed by atoms with Gasteiger partial charge in [0.1, 0.15) is 17.2 Å². The molecule has 0 saturated heterocycles. The van der Waals surface area contributed by atoms with Crippen LogP contribution in [-0.2, 0) is 0 Å². The second kappa shape index (κ2) is 6.17.